The fraction of sp³-hybridized carbons (Fsp3) is 0. The molecule has 1 heterocycles. The second-order valence-corrected chi connectivity index (χ2v) is 3.54. The van der Waals surface area contributed by atoms with Gasteiger partial charge in [-0.2, -0.15) is 0 Å². The fourth-order valence-corrected chi connectivity index (χ4v) is 2.04. The maximum atomic E-state index is 10.7. The molecule has 2 N–H and O–H groups in total. The maximum absolute atomic E-state index is 10.7. The summed E-state index contributed by atoms with van der Waals surface area (Å²) in [5.74, 6) is 0. The highest BCUT2D eigenvalue weighted by molar-refractivity contribution is 7.17. The zero-order chi connectivity index (χ0) is 9.42. The lowest BCUT2D eigenvalue weighted by molar-refractivity contribution is -0.382. The van der Waals surface area contributed by atoms with Crippen molar-refractivity contribution in [3.63, 3.8) is 0 Å². The van der Waals surface area contributed by atoms with E-state index in [4.69, 9.17) is 5.73 Å². The first-order chi connectivity index (χ1) is 6.20. The van der Waals surface area contributed by atoms with Gasteiger partial charge in [0.25, 0.3) is 0 Å². The van der Waals surface area contributed by atoms with Crippen molar-refractivity contribution in [2.75, 3.05) is 5.73 Å². The lowest BCUT2D eigenvalue weighted by Crippen LogP contribution is -1.95. The number of nitrogen functional groups attached to an aromatic ring is 1. The van der Waals surface area contributed by atoms with Crippen LogP contribution in [0.2, 0.25) is 0 Å². The van der Waals surface area contributed by atoms with Crippen LogP contribution in [0.3, 0.4) is 0 Å². The van der Waals surface area contributed by atoms with Crippen LogP contribution in [0.5, 0.6) is 0 Å². The average molecular weight is 194 g/mol. The first-order valence-corrected chi connectivity index (χ1v) is 4.48. The van der Waals surface area contributed by atoms with E-state index in [0.717, 1.165) is 4.70 Å². The molecular weight excluding hydrogens is 188 g/mol. The zero-order valence-electron chi connectivity index (χ0n) is 6.56. The van der Waals surface area contributed by atoms with Gasteiger partial charge in [0.15, 0.2) is 0 Å². The predicted octanol–water partition coefficient (Wildman–Crippen LogP) is 2.39. The number of rotatable bonds is 1. The molecule has 5 heteroatoms. The summed E-state index contributed by atoms with van der Waals surface area (Å²) in [6, 6.07) is 5.08. The first-order valence-electron chi connectivity index (χ1n) is 3.60. The minimum Gasteiger partial charge on any atom is -0.393 e. The molecule has 0 saturated carbocycles. The van der Waals surface area contributed by atoms with Crippen LogP contribution < -0.4 is 5.73 Å². The fourth-order valence-electron chi connectivity index (χ4n) is 1.25. The highest BCUT2D eigenvalue weighted by Gasteiger charge is 2.16. The monoisotopic (exact) mass is 194 g/mol. The molecule has 66 valence electrons. The number of nitrogens with two attached hydrogens (primary N) is 1. The Morgan fingerprint density at radius 2 is 2.15 bits per heavy atom. The van der Waals surface area contributed by atoms with E-state index in [1.165, 1.54) is 11.3 Å². The highest BCUT2D eigenvalue weighted by atomic mass is 32.1. The third kappa shape index (κ3) is 1.13. The topological polar surface area (TPSA) is 69.2 Å². The van der Waals surface area contributed by atoms with Crippen molar-refractivity contribution in [1.82, 2.24) is 0 Å². The summed E-state index contributed by atoms with van der Waals surface area (Å²) in [5, 5.41) is 13.1. The Balaban J connectivity index is 2.88. The number of thiophene rings is 1. The molecule has 0 aliphatic carbocycles. The van der Waals surface area contributed by atoms with E-state index in [-0.39, 0.29) is 11.4 Å². The van der Waals surface area contributed by atoms with E-state index >= 15 is 0 Å². The number of hydrogen-bond donors (Lipinski definition) is 1. The largest absolute Gasteiger partial charge is 0.393 e. The molecule has 0 fully saturated rings. The van der Waals surface area contributed by atoms with Gasteiger partial charge in [-0.3, -0.25) is 10.1 Å². The summed E-state index contributed by atoms with van der Waals surface area (Å²) in [4.78, 5) is 10.2. The molecule has 0 spiro atoms. The quantitative estimate of drug-likeness (QED) is 0.430. The summed E-state index contributed by atoms with van der Waals surface area (Å²) in [6.07, 6.45) is 0. The lowest BCUT2D eigenvalue weighted by Gasteiger charge is -1.97. The van der Waals surface area contributed by atoms with Gasteiger partial charge in [0.1, 0.15) is 5.69 Å². The number of fused-ring (bicyclic) bond motifs is 1. The van der Waals surface area contributed by atoms with Crippen molar-refractivity contribution in [1.29, 1.82) is 0 Å². The van der Waals surface area contributed by atoms with E-state index in [0.29, 0.717) is 5.39 Å². The predicted molar refractivity (Wildman–Crippen MR) is 52.9 cm³/mol. The molecular formula is C8H6N2O2S. The van der Waals surface area contributed by atoms with Crippen LogP contribution in [-0.2, 0) is 0 Å². The maximum Gasteiger partial charge on any atom is 0.300 e. The van der Waals surface area contributed by atoms with E-state index in [1.807, 2.05) is 5.38 Å². The third-order valence-corrected chi connectivity index (χ3v) is 2.70. The Morgan fingerprint density at radius 3 is 2.85 bits per heavy atom. The molecule has 13 heavy (non-hydrogen) atoms. The van der Waals surface area contributed by atoms with Gasteiger partial charge in [0.05, 0.1) is 10.3 Å². The second-order valence-electron chi connectivity index (χ2n) is 2.59. The Morgan fingerprint density at radius 1 is 1.38 bits per heavy atom. The van der Waals surface area contributed by atoms with Crippen LogP contribution in [-0.4, -0.2) is 4.92 Å². The Kier molecular flexibility index (Phi) is 1.66. The standard InChI is InChI=1S/C8H6N2O2S/c9-6-1-2-7-5(3-4-13-7)8(6)10(11)12/h1-4H,9H2. The second kappa shape index (κ2) is 2.70. The molecule has 2 aromatic rings. The number of hydrogen-bond acceptors (Lipinski definition) is 4. The van der Waals surface area contributed by atoms with Crippen molar-refractivity contribution in [2.24, 2.45) is 0 Å². The Hall–Kier alpha value is -1.62. The van der Waals surface area contributed by atoms with Crippen LogP contribution in [0.25, 0.3) is 10.1 Å². The van der Waals surface area contributed by atoms with E-state index < -0.39 is 4.92 Å². The van der Waals surface area contributed by atoms with Gasteiger partial charge in [-0.15, -0.1) is 11.3 Å². The summed E-state index contributed by atoms with van der Waals surface area (Å²) in [7, 11) is 0. The van der Waals surface area contributed by atoms with E-state index in [1.54, 1.807) is 18.2 Å². The SMILES string of the molecule is Nc1ccc2sccc2c1[N+](=O)[O-]. The van der Waals surface area contributed by atoms with Gasteiger partial charge in [0, 0.05) is 4.70 Å². The molecule has 0 aliphatic rings. The summed E-state index contributed by atoms with van der Waals surface area (Å²) < 4.78 is 0.890. The molecule has 0 atom stereocenters. The zero-order valence-corrected chi connectivity index (χ0v) is 7.38. The lowest BCUT2D eigenvalue weighted by atomic mass is 10.2. The molecule has 1 aromatic heterocycles. The van der Waals surface area contributed by atoms with Gasteiger partial charge < -0.3 is 5.73 Å². The van der Waals surface area contributed by atoms with Gasteiger partial charge in [-0.25, -0.2) is 0 Å². The smallest absolute Gasteiger partial charge is 0.300 e. The minimum absolute atomic E-state index is 0.0127. The van der Waals surface area contributed by atoms with Crippen LogP contribution in [0.4, 0.5) is 11.4 Å². The van der Waals surface area contributed by atoms with Gasteiger partial charge in [-0.1, -0.05) is 0 Å². The molecule has 1 aromatic carbocycles. The normalized spacial score (nSPS) is 10.5. The highest BCUT2D eigenvalue weighted by Crippen LogP contribution is 2.34. The molecule has 0 amide bonds. The van der Waals surface area contributed by atoms with Crippen molar-refractivity contribution in [3.05, 3.63) is 33.7 Å². The number of nitro groups is 1. The minimum atomic E-state index is -0.440. The summed E-state index contributed by atoms with van der Waals surface area (Å²) >= 11 is 1.47. The number of anilines is 1. The number of benzene rings is 1. The summed E-state index contributed by atoms with van der Waals surface area (Å²) in [5.41, 5.74) is 5.74. The summed E-state index contributed by atoms with van der Waals surface area (Å²) in [6.45, 7) is 0. The molecule has 0 radical (unpaired) electrons. The van der Waals surface area contributed by atoms with Crippen molar-refractivity contribution >= 4 is 32.8 Å². The van der Waals surface area contributed by atoms with Crippen molar-refractivity contribution in [2.45, 2.75) is 0 Å². The van der Waals surface area contributed by atoms with Crippen molar-refractivity contribution in [3.8, 4) is 0 Å². The number of nitrogens with zero attached hydrogens (tertiary/aromatic N) is 1. The Bertz CT molecular complexity index is 478. The van der Waals surface area contributed by atoms with Gasteiger partial charge in [0.2, 0.25) is 0 Å². The molecule has 0 saturated heterocycles. The molecule has 0 aliphatic heterocycles. The van der Waals surface area contributed by atoms with Crippen LogP contribution in [0, 0.1) is 10.1 Å². The van der Waals surface area contributed by atoms with Gasteiger partial charge >= 0.3 is 5.69 Å². The van der Waals surface area contributed by atoms with E-state index in [9.17, 15) is 10.1 Å². The molecule has 0 unspecified atom stereocenters. The van der Waals surface area contributed by atoms with Gasteiger partial charge in [-0.05, 0) is 23.6 Å². The third-order valence-electron chi connectivity index (χ3n) is 1.82. The molecule has 2 rings (SSSR count). The van der Waals surface area contributed by atoms with Crippen molar-refractivity contribution < 1.29 is 4.92 Å². The first kappa shape index (κ1) is 8.00. The average Bonchev–Trinajstić information content (AvgIpc) is 2.50. The van der Waals surface area contributed by atoms with Crippen LogP contribution in [0.15, 0.2) is 23.6 Å². The molecule has 0 bridgehead atoms. The number of nitro benzene ring substituents is 1. The Labute approximate surface area is 77.7 Å². The van der Waals surface area contributed by atoms with Crippen LogP contribution >= 0.6 is 11.3 Å². The molecule has 4 nitrogen and oxygen atoms in total. The van der Waals surface area contributed by atoms with E-state index in [2.05, 4.69) is 0 Å². The van der Waals surface area contributed by atoms with Crippen LogP contribution in [0.1, 0.15) is 0 Å².